The molecule has 0 unspecified atom stereocenters. The highest BCUT2D eigenvalue weighted by molar-refractivity contribution is 7.17. The Morgan fingerprint density at radius 2 is 2.12 bits per heavy atom. The number of pyridine rings is 2. The first-order valence-electron chi connectivity index (χ1n) is 10.2. The molecule has 0 aromatic carbocycles. The van der Waals surface area contributed by atoms with Crippen molar-refractivity contribution in [1.82, 2.24) is 20.2 Å². The number of aromatic nitrogens is 4. The lowest BCUT2D eigenvalue weighted by atomic mass is 9.95. The monoisotopic (exact) mass is 493 g/mol. The first-order chi connectivity index (χ1) is 15.9. The molecule has 4 rings (SSSR count). The summed E-state index contributed by atoms with van der Waals surface area (Å²) in [6.07, 6.45) is 5.08. The van der Waals surface area contributed by atoms with Gasteiger partial charge in [-0.15, -0.1) is 5.10 Å². The maximum absolute atomic E-state index is 14.9. The smallest absolute Gasteiger partial charge is 0.296 e. The fourth-order valence-corrected chi connectivity index (χ4v) is 4.44. The fraction of sp³-hybridized carbons (Fsp3) is 0.381. The van der Waals surface area contributed by atoms with Gasteiger partial charge in [-0.1, -0.05) is 16.7 Å². The molecular weight excluding hydrogens is 473 g/mol. The SMILES string of the molecule is COc1cnc(Cl)c(F)c1-c1cc(C)ncc1C(=O)Nc1nnc(O[C@H]2CCC[C@H](O)C2)s1. The van der Waals surface area contributed by atoms with Crippen molar-refractivity contribution in [2.24, 2.45) is 0 Å². The zero-order valence-electron chi connectivity index (χ0n) is 17.8. The van der Waals surface area contributed by atoms with E-state index >= 15 is 0 Å². The number of aliphatic hydroxyl groups excluding tert-OH is 1. The Hall–Kier alpha value is -2.89. The number of aliphatic hydroxyl groups is 1. The van der Waals surface area contributed by atoms with Gasteiger partial charge in [0.2, 0.25) is 5.13 Å². The maximum Gasteiger partial charge on any atom is 0.296 e. The van der Waals surface area contributed by atoms with Crippen molar-refractivity contribution in [2.75, 3.05) is 12.4 Å². The predicted molar refractivity (Wildman–Crippen MR) is 120 cm³/mol. The average Bonchev–Trinajstić information content (AvgIpc) is 3.21. The number of nitrogens with one attached hydrogen (secondary N) is 1. The van der Waals surface area contributed by atoms with Crippen molar-refractivity contribution >= 4 is 34.0 Å². The van der Waals surface area contributed by atoms with Gasteiger partial charge in [0.05, 0.1) is 30.5 Å². The van der Waals surface area contributed by atoms with Crippen molar-refractivity contribution in [3.63, 3.8) is 0 Å². The highest BCUT2D eigenvalue weighted by Gasteiger charge is 2.25. The Balaban J connectivity index is 1.58. The summed E-state index contributed by atoms with van der Waals surface area (Å²) in [6.45, 7) is 1.72. The molecule has 2 N–H and O–H groups in total. The molecule has 174 valence electrons. The summed E-state index contributed by atoms with van der Waals surface area (Å²) >= 11 is 6.94. The third kappa shape index (κ3) is 5.21. The van der Waals surface area contributed by atoms with Gasteiger partial charge < -0.3 is 14.6 Å². The molecule has 0 radical (unpaired) electrons. The second kappa shape index (κ2) is 9.94. The van der Waals surface area contributed by atoms with E-state index in [2.05, 4.69) is 25.5 Å². The molecule has 0 aliphatic heterocycles. The summed E-state index contributed by atoms with van der Waals surface area (Å²) in [7, 11) is 1.37. The summed E-state index contributed by atoms with van der Waals surface area (Å²) < 4.78 is 25.9. The Labute approximate surface area is 198 Å². The van der Waals surface area contributed by atoms with E-state index in [1.54, 1.807) is 13.0 Å². The Kier molecular flexibility index (Phi) is 7.01. The van der Waals surface area contributed by atoms with E-state index < -0.39 is 11.7 Å². The highest BCUT2D eigenvalue weighted by atomic mass is 35.5. The average molecular weight is 494 g/mol. The molecule has 9 nitrogen and oxygen atoms in total. The van der Waals surface area contributed by atoms with E-state index in [1.165, 1.54) is 19.5 Å². The van der Waals surface area contributed by atoms with Crippen LogP contribution in [-0.2, 0) is 0 Å². The van der Waals surface area contributed by atoms with Crippen LogP contribution in [0.15, 0.2) is 18.5 Å². The van der Waals surface area contributed by atoms with E-state index in [-0.39, 0.29) is 44.9 Å². The van der Waals surface area contributed by atoms with Crippen LogP contribution in [0, 0.1) is 12.7 Å². The van der Waals surface area contributed by atoms with Gasteiger partial charge in [-0.2, -0.15) is 0 Å². The summed E-state index contributed by atoms with van der Waals surface area (Å²) in [5.74, 6) is -1.25. The van der Waals surface area contributed by atoms with Crippen LogP contribution in [0.2, 0.25) is 5.15 Å². The van der Waals surface area contributed by atoms with Gasteiger partial charge in [0.25, 0.3) is 11.1 Å². The van der Waals surface area contributed by atoms with Crippen molar-refractivity contribution in [1.29, 1.82) is 0 Å². The predicted octanol–water partition coefficient (Wildman–Crippen LogP) is 4.04. The number of halogens is 2. The normalized spacial score (nSPS) is 18.1. The second-order valence-electron chi connectivity index (χ2n) is 7.57. The lowest BCUT2D eigenvalue weighted by Crippen LogP contribution is -2.28. The minimum Gasteiger partial charge on any atom is -0.494 e. The van der Waals surface area contributed by atoms with Crippen LogP contribution >= 0.6 is 22.9 Å². The molecule has 0 bridgehead atoms. The number of nitrogens with zero attached hydrogens (tertiary/aromatic N) is 4. The van der Waals surface area contributed by atoms with E-state index in [4.69, 9.17) is 21.1 Å². The Bertz CT molecular complexity index is 1180. The number of hydrogen-bond donors (Lipinski definition) is 2. The first-order valence-corrected chi connectivity index (χ1v) is 11.4. The molecule has 0 spiro atoms. The molecule has 1 fully saturated rings. The molecule has 3 heterocycles. The minimum atomic E-state index is -0.808. The van der Waals surface area contributed by atoms with Gasteiger partial charge in [0.15, 0.2) is 11.0 Å². The number of rotatable bonds is 6. The van der Waals surface area contributed by atoms with Gasteiger partial charge in [0.1, 0.15) is 11.9 Å². The third-order valence-electron chi connectivity index (χ3n) is 5.21. The largest absolute Gasteiger partial charge is 0.494 e. The van der Waals surface area contributed by atoms with E-state index in [0.717, 1.165) is 30.6 Å². The third-order valence-corrected chi connectivity index (χ3v) is 6.20. The number of ether oxygens (including phenoxy) is 2. The first kappa shape index (κ1) is 23.3. The quantitative estimate of drug-likeness (QED) is 0.494. The number of anilines is 1. The number of hydrogen-bond acceptors (Lipinski definition) is 9. The summed E-state index contributed by atoms with van der Waals surface area (Å²) in [5.41, 5.74) is 0.909. The molecular formula is C21H21ClFN5O4S. The number of aryl methyl sites for hydroxylation is 1. The number of methoxy groups -OCH3 is 1. The lowest BCUT2D eigenvalue weighted by Gasteiger charge is -2.25. The molecule has 1 amide bonds. The lowest BCUT2D eigenvalue weighted by molar-refractivity contribution is 0.0531. The topological polar surface area (TPSA) is 119 Å². The number of amides is 1. The van der Waals surface area contributed by atoms with Crippen LogP contribution in [0.4, 0.5) is 9.52 Å². The van der Waals surface area contributed by atoms with E-state index in [1.807, 2.05) is 0 Å². The van der Waals surface area contributed by atoms with Gasteiger partial charge in [-0.25, -0.2) is 9.37 Å². The summed E-state index contributed by atoms with van der Waals surface area (Å²) in [6, 6.07) is 1.56. The standard InChI is InChI=1S/C21H21ClFN5O4S/c1-10-6-13(16-15(31-2)9-25-18(22)17(16)23)14(8-24-10)19(30)26-20-27-28-21(33-20)32-12-5-3-4-11(29)7-12/h6,8-9,11-12,29H,3-5,7H2,1-2H3,(H,26,27,30)/t11-,12-/m0/s1. The molecule has 3 aromatic heterocycles. The molecule has 1 aliphatic carbocycles. The Morgan fingerprint density at radius 1 is 1.30 bits per heavy atom. The number of carbonyl (C=O) groups excluding carboxylic acids is 1. The fourth-order valence-electron chi connectivity index (χ4n) is 3.64. The van der Waals surface area contributed by atoms with Crippen LogP contribution in [0.3, 0.4) is 0 Å². The second-order valence-corrected chi connectivity index (χ2v) is 8.86. The van der Waals surface area contributed by atoms with Crippen molar-refractivity contribution < 1.29 is 23.8 Å². The minimum absolute atomic E-state index is 0.00490. The van der Waals surface area contributed by atoms with Gasteiger partial charge in [-0.05, 0) is 43.6 Å². The number of carbonyl (C=O) groups is 1. The van der Waals surface area contributed by atoms with Gasteiger partial charge in [0, 0.05) is 23.9 Å². The summed E-state index contributed by atoms with van der Waals surface area (Å²) in [4.78, 5) is 21.0. The van der Waals surface area contributed by atoms with Gasteiger partial charge in [-0.3, -0.25) is 15.1 Å². The van der Waals surface area contributed by atoms with Crippen LogP contribution in [-0.4, -0.2) is 50.5 Å². The zero-order chi connectivity index (χ0) is 23.5. The van der Waals surface area contributed by atoms with Crippen molar-refractivity contribution in [3.8, 4) is 22.1 Å². The molecule has 3 aromatic rings. The van der Waals surface area contributed by atoms with Crippen molar-refractivity contribution in [3.05, 3.63) is 40.7 Å². The molecule has 0 saturated heterocycles. The maximum atomic E-state index is 14.9. The molecule has 2 atom stereocenters. The highest BCUT2D eigenvalue weighted by Crippen LogP contribution is 2.37. The molecule has 33 heavy (non-hydrogen) atoms. The van der Waals surface area contributed by atoms with Crippen molar-refractivity contribution in [2.45, 2.75) is 44.8 Å². The van der Waals surface area contributed by atoms with Gasteiger partial charge >= 0.3 is 0 Å². The van der Waals surface area contributed by atoms with Crippen LogP contribution in [0.1, 0.15) is 41.7 Å². The molecule has 1 saturated carbocycles. The van der Waals surface area contributed by atoms with Crippen LogP contribution in [0.5, 0.6) is 10.9 Å². The van der Waals surface area contributed by atoms with Crippen LogP contribution in [0.25, 0.3) is 11.1 Å². The van der Waals surface area contributed by atoms with Crippen LogP contribution < -0.4 is 14.8 Å². The van der Waals surface area contributed by atoms with E-state index in [9.17, 15) is 14.3 Å². The van der Waals surface area contributed by atoms with E-state index in [0.29, 0.717) is 17.3 Å². The Morgan fingerprint density at radius 3 is 2.88 bits per heavy atom. The molecule has 12 heteroatoms. The summed E-state index contributed by atoms with van der Waals surface area (Å²) in [5, 5.41) is 20.5. The zero-order valence-corrected chi connectivity index (χ0v) is 19.4. The molecule has 1 aliphatic rings.